The summed E-state index contributed by atoms with van der Waals surface area (Å²) in [4.78, 5) is 54.5. The molecule has 0 bridgehead atoms. The number of rotatable bonds is 7. The zero-order valence-corrected chi connectivity index (χ0v) is 19.2. The van der Waals surface area contributed by atoms with Gasteiger partial charge in [-0.25, -0.2) is 4.98 Å². The Morgan fingerprint density at radius 3 is 2.12 bits per heavy atom. The van der Waals surface area contributed by atoms with Crippen molar-refractivity contribution in [2.45, 2.75) is 62.7 Å². The van der Waals surface area contributed by atoms with Crippen molar-refractivity contribution in [2.75, 3.05) is 6.61 Å². The monoisotopic (exact) mass is 480 g/mol. The maximum Gasteiger partial charge on any atom is 0.303 e. The first-order valence-electron chi connectivity index (χ1n) is 10.1. The van der Waals surface area contributed by atoms with Gasteiger partial charge in [0.25, 0.3) is 0 Å². The zero-order valence-electron chi connectivity index (χ0n) is 18.4. The van der Waals surface area contributed by atoms with Crippen molar-refractivity contribution < 1.29 is 42.9 Å². The van der Waals surface area contributed by atoms with Crippen LogP contribution in [0.25, 0.3) is 11.0 Å². The predicted octanol–water partition coefficient (Wildman–Crippen LogP) is 1.74. The molecule has 1 aliphatic heterocycles. The van der Waals surface area contributed by atoms with Gasteiger partial charge in [-0.2, -0.15) is 0 Å². The lowest BCUT2D eigenvalue weighted by Gasteiger charge is -2.43. The first-order valence-corrected chi connectivity index (χ1v) is 10.9. The second-order valence-electron chi connectivity index (χ2n) is 7.24. The number of H-pyrrole nitrogens is 1. The quantitative estimate of drug-likeness (QED) is 0.457. The van der Waals surface area contributed by atoms with Gasteiger partial charge in [-0.3, -0.25) is 19.2 Å². The number of ether oxygens (including phenoxy) is 5. The van der Waals surface area contributed by atoms with Gasteiger partial charge < -0.3 is 28.7 Å². The lowest BCUT2D eigenvalue weighted by molar-refractivity contribution is -0.237. The highest BCUT2D eigenvalue weighted by Gasteiger charge is 2.52. The molecule has 0 aliphatic carbocycles. The van der Waals surface area contributed by atoms with Crippen molar-refractivity contribution >= 4 is 46.7 Å². The second-order valence-corrected chi connectivity index (χ2v) is 8.33. The Bertz CT molecular complexity index is 1010. The van der Waals surface area contributed by atoms with Gasteiger partial charge >= 0.3 is 23.9 Å². The van der Waals surface area contributed by atoms with Crippen molar-refractivity contribution in [3.05, 3.63) is 24.3 Å². The maximum absolute atomic E-state index is 11.9. The lowest BCUT2D eigenvalue weighted by Crippen LogP contribution is -2.61. The van der Waals surface area contributed by atoms with Crippen molar-refractivity contribution in [1.82, 2.24) is 9.97 Å². The molecule has 0 saturated carbocycles. The number of imidazole rings is 1. The molecule has 1 aromatic heterocycles. The molecule has 1 N–H and O–H groups in total. The fourth-order valence-corrected chi connectivity index (χ4v) is 4.46. The predicted molar refractivity (Wildman–Crippen MR) is 114 cm³/mol. The maximum atomic E-state index is 11.9. The average molecular weight is 480 g/mol. The molecule has 1 fully saturated rings. The summed E-state index contributed by atoms with van der Waals surface area (Å²) >= 11 is 1.09. The molecule has 0 amide bonds. The minimum absolute atomic E-state index is 0.283. The molecule has 2 aromatic rings. The van der Waals surface area contributed by atoms with E-state index in [2.05, 4.69) is 9.97 Å². The smallest absolute Gasteiger partial charge is 0.303 e. The summed E-state index contributed by atoms with van der Waals surface area (Å²) in [5.41, 5.74) is 0.558. The summed E-state index contributed by atoms with van der Waals surface area (Å²) in [5, 5.41) is 0.456. The van der Waals surface area contributed by atoms with Gasteiger partial charge in [0.05, 0.1) is 11.0 Å². The number of thioether (sulfide) groups is 1. The highest BCUT2D eigenvalue weighted by atomic mass is 32.2. The van der Waals surface area contributed by atoms with E-state index in [0.29, 0.717) is 10.7 Å². The molecule has 11 nitrogen and oxygen atoms in total. The van der Waals surface area contributed by atoms with E-state index in [9.17, 15) is 19.2 Å². The molecular weight excluding hydrogens is 456 g/mol. The second kappa shape index (κ2) is 10.7. The van der Waals surface area contributed by atoms with Crippen LogP contribution in [0.2, 0.25) is 0 Å². The van der Waals surface area contributed by atoms with Crippen LogP contribution < -0.4 is 0 Å². The number of carbonyl (C=O) groups is 4. The van der Waals surface area contributed by atoms with E-state index in [0.717, 1.165) is 17.3 Å². The van der Waals surface area contributed by atoms with Crippen LogP contribution in [-0.4, -0.2) is 70.3 Å². The Balaban J connectivity index is 1.98. The fraction of sp³-hybridized carbons (Fsp3) is 0.476. The Hall–Kier alpha value is -3.12. The number of nitrogens with one attached hydrogen (secondary N) is 1. The summed E-state index contributed by atoms with van der Waals surface area (Å²) in [6.45, 7) is 4.47. The lowest BCUT2D eigenvalue weighted by atomic mass is 9.99. The summed E-state index contributed by atoms with van der Waals surface area (Å²) in [7, 11) is 0. The molecule has 1 aliphatic rings. The molecule has 33 heavy (non-hydrogen) atoms. The van der Waals surface area contributed by atoms with E-state index < -0.39 is 53.7 Å². The van der Waals surface area contributed by atoms with Gasteiger partial charge in [-0.05, 0) is 12.1 Å². The molecule has 178 valence electrons. The number of hydrogen-bond donors (Lipinski definition) is 1. The van der Waals surface area contributed by atoms with Gasteiger partial charge in [0.2, 0.25) is 0 Å². The Morgan fingerprint density at radius 2 is 1.52 bits per heavy atom. The Morgan fingerprint density at radius 1 is 0.909 bits per heavy atom. The molecule has 12 heteroatoms. The SMILES string of the molecule is CC(=O)OC[C@@H]1O[C@@H](Sc2nc3ccccc3[nH]2)[C@@H](OC(C)=O)[C@@H](OC(C)=O)[C@H]1OC(C)=O. The number of carbonyl (C=O) groups excluding carboxylic acids is 4. The third-order valence-electron chi connectivity index (χ3n) is 4.54. The van der Waals surface area contributed by atoms with Crippen LogP contribution >= 0.6 is 11.8 Å². The number of aromatic nitrogens is 2. The topological polar surface area (TPSA) is 143 Å². The molecular formula is C21H24N2O9S. The highest BCUT2D eigenvalue weighted by Crippen LogP contribution is 2.37. The zero-order chi connectivity index (χ0) is 24.1. The minimum atomic E-state index is -1.22. The summed E-state index contributed by atoms with van der Waals surface area (Å²) in [6, 6.07) is 7.36. The van der Waals surface area contributed by atoms with Gasteiger partial charge in [-0.1, -0.05) is 23.9 Å². The van der Waals surface area contributed by atoms with Crippen LogP contribution in [0.15, 0.2) is 29.4 Å². The van der Waals surface area contributed by atoms with Gasteiger partial charge in [-0.15, -0.1) is 0 Å². The molecule has 0 radical (unpaired) electrons. The number of hydrogen-bond acceptors (Lipinski definition) is 11. The first kappa shape index (κ1) is 24.5. The highest BCUT2D eigenvalue weighted by molar-refractivity contribution is 7.99. The van der Waals surface area contributed by atoms with Crippen molar-refractivity contribution in [2.24, 2.45) is 0 Å². The normalized spacial score (nSPS) is 24.7. The third kappa shape index (κ3) is 6.45. The molecule has 1 saturated heterocycles. The van der Waals surface area contributed by atoms with Gasteiger partial charge in [0.1, 0.15) is 12.7 Å². The molecule has 2 heterocycles. The molecule has 0 unspecified atom stereocenters. The standard InChI is InChI=1S/C21H24N2O9S/c1-10(24)28-9-16-17(29-11(2)25)18(30-12(3)26)19(31-13(4)27)20(32-16)33-21-22-14-7-5-6-8-15(14)23-21/h5-8,16-20H,9H2,1-4H3,(H,22,23)/t16-,17-,18-,19-,20-/m0/s1. The van der Waals surface area contributed by atoms with Crippen LogP contribution in [-0.2, 0) is 42.9 Å². The molecule has 3 rings (SSSR count). The minimum Gasteiger partial charge on any atom is -0.463 e. The van der Waals surface area contributed by atoms with Crippen LogP contribution in [0.5, 0.6) is 0 Å². The summed E-state index contributed by atoms with van der Waals surface area (Å²) in [6.07, 6.45) is -4.56. The summed E-state index contributed by atoms with van der Waals surface area (Å²) < 4.78 is 27.4. The van der Waals surface area contributed by atoms with Crippen LogP contribution in [0, 0.1) is 0 Å². The largest absolute Gasteiger partial charge is 0.463 e. The summed E-state index contributed by atoms with van der Waals surface area (Å²) in [5.74, 6) is -2.60. The van der Waals surface area contributed by atoms with Crippen molar-refractivity contribution in [3.63, 3.8) is 0 Å². The van der Waals surface area contributed by atoms with Crippen LogP contribution in [0.1, 0.15) is 27.7 Å². The van der Waals surface area contributed by atoms with E-state index in [1.54, 1.807) is 0 Å². The van der Waals surface area contributed by atoms with Crippen molar-refractivity contribution in [1.29, 1.82) is 0 Å². The molecule has 1 aromatic carbocycles. The van der Waals surface area contributed by atoms with Crippen molar-refractivity contribution in [3.8, 4) is 0 Å². The van der Waals surface area contributed by atoms with E-state index >= 15 is 0 Å². The number of esters is 4. The van der Waals surface area contributed by atoms with Gasteiger partial charge in [0, 0.05) is 27.7 Å². The van der Waals surface area contributed by atoms with E-state index in [4.69, 9.17) is 23.7 Å². The van der Waals surface area contributed by atoms with E-state index in [-0.39, 0.29) is 6.61 Å². The third-order valence-corrected chi connectivity index (χ3v) is 5.57. The number of fused-ring (bicyclic) bond motifs is 1. The van der Waals surface area contributed by atoms with E-state index in [1.165, 1.54) is 27.7 Å². The Labute approximate surface area is 193 Å². The average Bonchev–Trinajstić information content (AvgIpc) is 3.12. The number of aromatic amines is 1. The van der Waals surface area contributed by atoms with Crippen LogP contribution in [0.3, 0.4) is 0 Å². The molecule has 0 spiro atoms. The number of nitrogens with zero attached hydrogens (tertiary/aromatic N) is 1. The molecule has 5 atom stereocenters. The van der Waals surface area contributed by atoms with Gasteiger partial charge in [0.15, 0.2) is 28.9 Å². The Kier molecular flexibility index (Phi) is 7.92. The first-order chi connectivity index (χ1) is 15.6. The van der Waals surface area contributed by atoms with Crippen LogP contribution in [0.4, 0.5) is 0 Å². The van der Waals surface area contributed by atoms with E-state index in [1.807, 2.05) is 24.3 Å². The number of para-hydroxylation sites is 2. The number of benzene rings is 1. The fourth-order valence-electron chi connectivity index (χ4n) is 3.38.